The van der Waals surface area contributed by atoms with Crippen LogP contribution < -0.4 is 5.32 Å². The minimum absolute atomic E-state index is 0.0248. The first-order valence-electron chi connectivity index (χ1n) is 8.03. The van der Waals surface area contributed by atoms with Crippen LogP contribution >= 0.6 is 0 Å². The summed E-state index contributed by atoms with van der Waals surface area (Å²) in [5, 5.41) is 12.5. The molecule has 0 aliphatic carbocycles. The van der Waals surface area contributed by atoms with Crippen molar-refractivity contribution in [1.82, 2.24) is 15.1 Å². The molecule has 1 aliphatic heterocycles. The fourth-order valence-corrected chi connectivity index (χ4v) is 2.88. The van der Waals surface area contributed by atoms with Crippen molar-refractivity contribution in [2.75, 3.05) is 33.2 Å². The van der Waals surface area contributed by atoms with Crippen molar-refractivity contribution in [3.05, 3.63) is 35.9 Å². The van der Waals surface area contributed by atoms with Crippen LogP contribution in [0.1, 0.15) is 31.4 Å². The summed E-state index contributed by atoms with van der Waals surface area (Å²) in [6.07, 6.45) is 1.94. The van der Waals surface area contributed by atoms with Gasteiger partial charge in [0.15, 0.2) is 0 Å². The van der Waals surface area contributed by atoms with Crippen molar-refractivity contribution in [1.29, 1.82) is 0 Å². The van der Waals surface area contributed by atoms with E-state index in [0.717, 1.165) is 25.2 Å². The summed E-state index contributed by atoms with van der Waals surface area (Å²) in [7, 11) is 1.71. The van der Waals surface area contributed by atoms with E-state index in [0.29, 0.717) is 6.54 Å². The van der Waals surface area contributed by atoms with Gasteiger partial charge in [0, 0.05) is 20.1 Å². The van der Waals surface area contributed by atoms with Crippen LogP contribution in [0.4, 0.5) is 4.79 Å². The van der Waals surface area contributed by atoms with Gasteiger partial charge < -0.3 is 20.2 Å². The van der Waals surface area contributed by atoms with Crippen molar-refractivity contribution in [2.24, 2.45) is 0 Å². The third-order valence-corrected chi connectivity index (χ3v) is 4.02. The number of carbonyl (C=O) groups is 1. The van der Waals surface area contributed by atoms with Gasteiger partial charge in [0.1, 0.15) is 0 Å². The lowest BCUT2D eigenvalue weighted by Gasteiger charge is -2.28. The number of aliphatic hydroxyl groups excluding tert-OH is 1. The van der Waals surface area contributed by atoms with Gasteiger partial charge in [-0.3, -0.25) is 0 Å². The molecule has 1 aromatic carbocycles. The maximum atomic E-state index is 12.3. The normalized spacial score (nSPS) is 18.0. The van der Waals surface area contributed by atoms with Gasteiger partial charge in [-0.25, -0.2) is 4.79 Å². The number of aliphatic hydroxyl groups is 1. The number of rotatable bonds is 6. The van der Waals surface area contributed by atoms with Crippen LogP contribution in [0.15, 0.2) is 30.3 Å². The number of amides is 2. The Balaban J connectivity index is 2.02. The van der Waals surface area contributed by atoms with E-state index < -0.39 is 6.10 Å². The molecule has 0 radical (unpaired) electrons. The van der Waals surface area contributed by atoms with Gasteiger partial charge in [-0.05, 0) is 38.4 Å². The standard InChI is InChI=1S/C17H27N3O2/c1-14(21)12-19(2)17(22)18-16(13-20-10-6-7-11-20)15-8-4-3-5-9-15/h3-5,8-9,14,16,21H,6-7,10-13H2,1-2H3,(H,18,22). The van der Waals surface area contributed by atoms with Gasteiger partial charge in [0.25, 0.3) is 0 Å². The largest absolute Gasteiger partial charge is 0.392 e. The Morgan fingerprint density at radius 1 is 1.32 bits per heavy atom. The Morgan fingerprint density at radius 2 is 1.95 bits per heavy atom. The Kier molecular flexibility index (Phi) is 6.21. The van der Waals surface area contributed by atoms with Crippen molar-refractivity contribution in [2.45, 2.75) is 31.9 Å². The van der Waals surface area contributed by atoms with Crippen LogP contribution in [-0.4, -0.2) is 60.3 Å². The zero-order valence-corrected chi connectivity index (χ0v) is 13.5. The van der Waals surface area contributed by atoms with Crippen LogP contribution in [0.25, 0.3) is 0 Å². The molecule has 2 amide bonds. The lowest BCUT2D eigenvalue weighted by Crippen LogP contribution is -2.44. The van der Waals surface area contributed by atoms with Crippen molar-refractivity contribution >= 4 is 6.03 Å². The van der Waals surface area contributed by atoms with E-state index in [2.05, 4.69) is 22.3 Å². The van der Waals surface area contributed by atoms with Gasteiger partial charge in [0.05, 0.1) is 12.1 Å². The van der Waals surface area contributed by atoms with E-state index in [-0.39, 0.29) is 12.1 Å². The van der Waals surface area contributed by atoms with Gasteiger partial charge in [0.2, 0.25) is 0 Å². The van der Waals surface area contributed by atoms with Crippen molar-refractivity contribution in [3.63, 3.8) is 0 Å². The van der Waals surface area contributed by atoms with Crippen LogP contribution in [0.2, 0.25) is 0 Å². The number of likely N-dealkylation sites (tertiary alicyclic amines) is 1. The second-order valence-electron chi connectivity index (χ2n) is 6.15. The molecule has 5 nitrogen and oxygen atoms in total. The van der Waals surface area contributed by atoms with Gasteiger partial charge in [-0.15, -0.1) is 0 Å². The summed E-state index contributed by atoms with van der Waals surface area (Å²) in [6.45, 7) is 5.05. The zero-order valence-electron chi connectivity index (χ0n) is 13.5. The maximum absolute atomic E-state index is 12.3. The van der Waals surface area contributed by atoms with Crippen LogP contribution in [0.3, 0.4) is 0 Å². The number of urea groups is 1. The summed E-state index contributed by atoms with van der Waals surface area (Å²) >= 11 is 0. The Bertz CT molecular complexity index is 458. The summed E-state index contributed by atoms with van der Waals surface area (Å²) in [6, 6.07) is 9.91. The molecule has 0 saturated carbocycles. The quantitative estimate of drug-likeness (QED) is 0.843. The molecule has 2 N–H and O–H groups in total. The summed E-state index contributed by atoms with van der Waals surface area (Å²) < 4.78 is 0. The maximum Gasteiger partial charge on any atom is 0.317 e. The fraction of sp³-hybridized carbons (Fsp3) is 0.588. The first-order chi connectivity index (χ1) is 10.6. The number of hydrogen-bond donors (Lipinski definition) is 2. The highest BCUT2D eigenvalue weighted by Crippen LogP contribution is 2.18. The lowest BCUT2D eigenvalue weighted by molar-refractivity contribution is 0.141. The van der Waals surface area contributed by atoms with Crippen molar-refractivity contribution < 1.29 is 9.90 Å². The van der Waals surface area contributed by atoms with E-state index in [1.807, 2.05) is 18.2 Å². The molecule has 1 saturated heterocycles. The number of nitrogens with one attached hydrogen (secondary N) is 1. The van der Waals surface area contributed by atoms with Gasteiger partial charge >= 0.3 is 6.03 Å². The average molecular weight is 305 g/mol. The number of benzene rings is 1. The number of likely N-dealkylation sites (N-methyl/N-ethyl adjacent to an activating group) is 1. The van der Waals surface area contributed by atoms with E-state index in [1.165, 1.54) is 17.7 Å². The minimum atomic E-state index is -0.524. The van der Waals surface area contributed by atoms with E-state index >= 15 is 0 Å². The molecule has 1 aliphatic rings. The average Bonchev–Trinajstić information content (AvgIpc) is 2.99. The molecule has 5 heteroatoms. The van der Waals surface area contributed by atoms with Crippen LogP contribution in [0, 0.1) is 0 Å². The Labute approximate surface area is 132 Å². The molecule has 2 atom stereocenters. The number of hydrogen-bond acceptors (Lipinski definition) is 3. The Morgan fingerprint density at radius 3 is 2.55 bits per heavy atom. The predicted octanol–water partition coefficient (Wildman–Crippen LogP) is 1.85. The monoisotopic (exact) mass is 305 g/mol. The highest BCUT2D eigenvalue weighted by Gasteiger charge is 2.22. The summed E-state index contributed by atoms with van der Waals surface area (Å²) in [5.74, 6) is 0. The third-order valence-electron chi connectivity index (χ3n) is 4.02. The molecule has 2 rings (SSSR count). The third kappa shape index (κ3) is 5.00. The van der Waals surface area contributed by atoms with Gasteiger partial charge in [-0.2, -0.15) is 0 Å². The smallest absolute Gasteiger partial charge is 0.317 e. The molecule has 1 fully saturated rings. The molecule has 1 aromatic rings. The number of carbonyl (C=O) groups excluding carboxylic acids is 1. The lowest BCUT2D eigenvalue weighted by atomic mass is 10.1. The van der Waals surface area contributed by atoms with Crippen molar-refractivity contribution in [3.8, 4) is 0 Å². The predicted molar refractivity (Wildman–Crippen MR) is 87.7 cm³/mol. The summed E-state index contributed by atoms with van der Waals surface area (Å²) in [4.78, 5) is 16.2. The van der Waals surface area contributed by atoms with E-state index in [1.54, 1.807) is 14.0 Å². The van der Waals surface area contributed by atoms with E-state index in [4.69, 9.17) is 0 Å². The molecule has 122 valence electrons. The second-order valence-corrected chi connectivity index (χ2v) is 6.15. The highest BCUT2D eigenvalue weighted by molar-refractivity contribution is 5.74. The first-order valence-corrected chi connectivity index (χ1v) is 8.03. The molecule has 2 unspecified atom stereocenters. The van der Waals surface area contributed by atoms with Crippen LogP contribution in [-0.2, 0) is 0 Å². The Hall–Kier alpha value is -1.59. The molecule has 22 heavy (non-hydrogen) atoms. The molecule has 0 spiro atoms. The van der Waals surface area contributed by atoms with Crippen LogP contribution in [0.5, 0.6) is 0 Å². The molecular weight excluding hydrogens is 278 g/mol. The zero-order chi connectivity index (χ0) is 15.9. The number of nitrogens with zero attached hydrogens (tertiary/aromatic N) is 2. The minimum Gasteiger partial charge on any atom is -0.392 e. The summed E-state index contributed by atoms with van der Waals surface area (Å²) in [5.41, 5.74) is 1.12. The van der Waals surface area contributed by atoms with Gasteiger partial charge in [-0.1, -0.05) is 30.3 Å². The second kappa shape index (κ2) is 8.15. The fourth-order valence-electron chi connectivity index (χ4n) is 2.88. The molecule has 0 aromatic heterocycles. The van der Waals surface area contributed by atoms with E-state index in [9.17, 15) is 9.90 Å². The topological polar surface area (TPSA) is 55.8 Å². The first kappa shape index (κ1) is 16.8. The SMILES string of the molecule is CC(O)CN(C)C(=O)NC(CN1CCCC1)c1ccccc1. The highest BCUT2D eigenvalue weighted by atomic mass is 16.3. The molecule has 1 heterocycles. The molecule has 0 bridgehead atoms. The molecular formula is C17H27N3O2.